The van der Waals surface area contributed by atoms with E-state index in [2.05, 4.69) is 22.1 Å². The molecule has 0 saturated heterocycles. The van der Waals surface area contributed by atoms with Gasteiger partial charge in [-0.1, -0.05) is 42.6 Å². The first-order valence-corrected chi connectivity index (χ1v) is 9.79. The Balaban J connectivity index is 1.68. The lowest BCUT2D eigenvalue weighted by molar-refractivity contribution is 0.0965. The largest absolute Gasteiger partial charge is 0.385 e. The summed E-state index contributed by atoms with van der Waals surface area (Å²) < 4.78 is 13.2. The molecule has 0 saturated carbocycles. The molecule has 150 valence electrons. The molecule has 0 aliphatic heterocycles. The van der Waals surface area contributed by atoms with E-state index in [9.17, 15) is 9.18 Å². The number of aromatic nitrogens is 2. The molecular formula is C23H19FN4OS. The van der Waals surface area contributed by atoms with E-state index < -0.39 is 0 Å². The Kier molecular flexibility index (Phi) is 7.13. The van der Waals surface area contributed by atoms with Crippen LogP contribution >= 0.6 is 11.8 Å². The monoisotopic (exact) mass is 418 g/mol. The van der Waals surface area contributed by atoms with Crippen LogP contribution < -0.4 is 11.1 Å². The van der Waals surface area contributed by atoms with Crippen LogP contribution in [0.3, 0.4) is 0 Å². The SMILES string of the molecule is C=C/C=C(\C=C(/N)NC(=O)c1ccc(Sc2cccnn2)cc1)c1ccc(F)cc1. The number of nitrogens with zero attached hydrogens (tertiary/aromatic N) is 2. The Morgan fingerprint density at radius 3 is 2.40 bits per heavy atom. The van der Waals surface area contributed by atoms with Gasteiger partial charge in [0, 0.05) is 16.7 Å². The highest BCUT2D eigenvalue weighted by atomic mass is 32.2. The Bertz CT molecular complexity index is 1080. The number of benzene rings is 2. The number of nitrogens with one attached hydrogen (secondary N) is 1. The van der Waals surface area contributed by atoms with Crippen LogP contribution in [0.5, 0.6) is 0 Å². The third-order valence-corrected chi connectivity index (χ3v) is 4.87. The molecule has 1 aromatic heterocycles. The van der Waals surface area contributed by atoms with Crippen molar-refractivity contribution in [1.29, 1.82) is 0 Å². The Morgan fingerprint density at radius 1 is 1.07 bits per heavy atom. The predicted octanol–water partition coefficient (Wildman–Crippen LogP) is 4.57. The summed E-state index contributed by atoms with van der Waals surface area (Å²) in [4.78, 5) is 13.4. The van der Waals surface area contributed by atoms with Gasteiger partial charge in [-0.2, -0.15) is 5.10 Å². The summed E-state index contributed by atoms with van der Waals surface area (Å²) in [6.45, 7) is 3.68. The highest BCUT2D eigenvalue weighted by molar-refractivity contribution is 7.99. The average molecular weight is 418 g/mol. The molecule has 0 radical (unpaired) electrons. The Hall–Kier alpha value is -3.71. The van der Waals surface area contributed by atoms with Gasteiger partial charge >= 0.3 is 0 Å². The van der Waals surface area contributed by atoms with Gasteiger partial charge in [0.2, 0.25) is 0 Å². The third kappa shape index (κ3) is 5.89. The number of carbonyl (C=O) groups is 1. The Morgan fingerprint density at radius 2 is 1.77 bits per heavy atom. The summed E-state index contributed by atoms with van der Waals surface area (Å²) in [5, 5.41) is 11.3. The van der Waals surface area contributed by atoms with E-state index >= 15 is 0 Å². The predicted molar refractivity (Wildman–Crippen MR) is 117 cm³/mol. The van der Waals surface area contributed by atoms with Crippen LogP contribution in [-0.4, -0.2) is 16.1 Å². The summed E-state index contributed by atoms with van der Waals surface area (Å²) in [5.74, 6) is -0.504. The zero-order valence-electron chi connectivity index (χ0n) is 16.0. The van der Waals surface area contributed by atoms with Gasteiger partial charge in [-0.05, 0) is 65.7 Å². The van der Waals surface area contributed by atoms with Crippen LogP contribution in [0.1, 0.15) is 15.9 Å². The van der Waals surface area contributed by atoms with E-state index in [1.54, 1.807) is 48.7 Å². The van der Waals surface area contributed by atoms with Crippen LogP contribution in [0.25, 0.3) is 5.57 Å². The maximum Gasteiger partial charge on any atom is 0.256 e. The van der Waals surface area contributed by atoms with Crippen molar-refractivity contribution < 1.29 is 9.18 Å². The lowest BCUT2D eigenvalue weighted by Crippen LogP contribution is -2.27. The van der Waals surface area contributed by atoms with Crippen molar-refractivity contribution in [2.45, 2.75) is 9.92 Å². The summed E-state index contributed by atoms with van der Waals surface area (Å²) in [5.41, 5.74) is 7.91. The minimum Gasteiger partial charge on any atom is -0.385 e. The van der Waals surface area contributed by atoms with Crippen molar-refractivity contribution in [3.8, 4) is 0 Å². The highest BCUT2D eigenvalue weighted by Gasteiger charge is 2.08. The summed E-state index contributed by atoms with van der Waals surface area (Å²) in [6, 6.07) is 16.7. The number of halogens is 1. The molecule has 3 N–H and O–H groups in total. The van der Waals surface area contributed by atoms with E-state index in [0.717, 1.165) is 15.5 Å². The first kappa shape index (κ1) is 21.0. The molecule has 7 heteroatoms. The summed E-state index contributed by atoms with van der Waals surface area (Å²) >= 11 is 1.45. The second-order valence-corrected chi connectivity index (χ2v) is 7.20. The van der Waals surface area contributed by atoms with Gasteiger partial charge in [-0.15, -0.1) is 5.10 Å². The molecule has 3 rings (SSSR count). The van der Waals surface area contributed by atoms with Crippen molar-refractivity contribution >= 4 is 23.2 Å². The van der Waals surface area contributed by atoms with E-state index in [-0.39, 0.29) is 17.5 Å². The Labute approximate surface area is 178 Å². The number of nitrogens with two attached hydrogens (primary N) is 1. The molecule has 30 heavy (non-hydrogen) atoms. The number of rotatable bonds is 7. The van der Waals surface area contributed by atoms with Crippen LogP contribution in [0.2, 0.25) is 0 Å². The number of amides is 1. The van der Waals surface area contributed by atoms with Crippen molar-refractivity contribution in [1.82, 2.24) is 15.5 Å². The molecule has 0 fully saturated rings. The molecule has 1 amide bonds. The van der Waals surface area contributed by atoms with Gasteiger partial charge in [0.05, 0.1) is 0 Å². The minimum absolute atomic E-state index is 0.162. The van der Waals surface area contributed by atoms with Crippen molar-refractivity contribution in [3.05, 3.63) is 114 Å². The van der Waals surface area contributed by atoms with Gasteiger partial charge in [0.25, 0.3) is 5.91 Å². The van der Waals surface area contributed by atoms with E-state index in [1.165, 1.54) is 23.9 Å². The average Bonchev–Trinajstić information content (AvgIpc) is 2.75. The van der Waals surface area contributed by atoms with Crippen LogP contribution in [0.15, 0.2) is 107 Å². The molecular weight excluding hydrogens is 399 g/mol. The first-order chi connectivity index (χ1) is 14.5. The fraction of sp³-hybridized carbons (Fsp3) is 0. The fourth-order valence-electron chi connectivity index (χ4n) is 2.54. The fourth-order valence-corrected chi connectivity index (χ4v) is 3.29. The van der Waals surface area contributed by atoms with Crippen LogP contribution in [-0.2, 0) is 0 Å². The van der Waals surface area contributed by atoms with Crippen molar-refractivity contribution in [2.24, 2.45) is 5.73 Å². The van der Waals surface area contributed by atoms with Gasteiger partial charge < -0.3 is 11.1 Å². The molecule has 3 aromatic rings. The molecule has 0 unspecified atom stereocenters. The van der Waals surface area contributed by atoms with E-state index in [1.807, 2.05) is 24.3 Å². The highest BCUT2D eigenvalue weighted by Crippen LogP contribution is 2.25. The van der Waals surface area contributed by atoms with E-state index in [4.69, 9.17) is 5.73 Å². The quantitative estimate of drug-likeness (QED) is 0.550. The number of hydrogen-bond donors (Lipinski definition) is 2. The van der Waals surface area contributed by atoms with Gasteiger partial charge in [0.1, 0.15) is 16.7 Å². The molecule has 0 atom stereocenters. The molecule has 1 heterocycles. The molecule has 0 aliphatic rings. The molecule has 2 aromatic carbocycles. The van der Waals surface area contributed by atoms with Crippen molar-refractivity contribution in [2.75, 3.05) is 0 Å². The first-order valence-electron chi connectivity index (χ1n) is 8.98. The number of hydrogen-bond acceptors (Lipinski definition) is 5. The van der Waals surface area contributed by atoms with E-state index in [0.29, 0.717) is 11.1 Å². The molecule has 0 spiro atoms. The van der Waals surface area contributed by atoms with Crippen molar-refractivity contribution in [3.63, 3.8) is 0 Å². The maximum absolute atomic E-state index is 13.2. The molecule has 5 nitrogen and oxygen atoms in total. The lowest BCUT2D eigenvalue weighted by atomic mass is 10.0. The minimum atomic E-state index is -0.336. The molecule has 0 aliphatic carbocycles. The second kappa shape index (κ2) is 10.2. The third-order valence-electron chi connectivity index (χ3n) is 3.93. The number of carbonyl (C=O) groups excluding carboxylic acids is 1. The maximum atomic E-state index is 13.2. The lowest BCUT2D eigenvalue weighted by Gasteiger charge is -2.08. The smallest absolute Gasteiger partial charge is 0.256 e. The summed E-state index contributed by atoms with van der Waals surface area (Å²) in [7, 11) is 0. The zero-order valence-corrected chi connectivity index (χ0v) is 16.8. The summed E-state index contributed by atoms with van der Waals surface area (Å²) in [6.07, 6.45) is 6.54. The topological polar surface area (TPSA) is 80.9 Å². The van der Waals surface area contributed by atoms with Gasteiger partial charge in [-0.3, -0.25) is 4.79 Å². The standard InChI is InChI=1S/C23H19FN4OS/c1-2-4-18(16-6-10-19(24)11-7-16)15-21(25)27-23(29)17-8-12-20(13-9-17)30-22-5-3-14-26-28-22/h2-15H,1,25H2,(H,27,29)/b18-4+,21-15+. The zero-order chi connectivity index (χ0) is 21.3. The van der Waals surface area contributed by atoms with Gasteiger partial charge in [-0.25, -0.2) is 4.39 Å². The molecule has 0 bridgehead atoms. The normalized spacial score (nSPS) is 11.8. The van der Waals surface area contributed by atoms with Crippen LogP contribution in [0, 0.1) is 5.82 Å². The number of allylic oxidation sites excluding steroid dienone is 4. The van der Waals surface area contributed by atoms with Crippen LogP contribution in [0.4, 0.5) is 4.39 Å². The second-order valence-electron chi connectivity index (χ2n) is 6.11. The van der Waals surface area contributed by atoms with Gasteiger partial charge in [0.15, 0.2) is 0 Å².